The number of nitrogens with zero attached hydrogens (tertiary/aromatic N) is 2. The molecule has 1 aliphatic rings. The van der Waals surface area contributed by atoms with Crippen molar-refractivity contribution in [2.24, 2.45) is 0 Å². The van der Waals surface area contributed by atoms with Gasteiger partial charge in [-0.3, -0.25) is 9.69 Å². The Morgan fingerprint density at radius 2 is 1.85 bits per heavy atom. The fraction of sp³-hybridized carbons (Fsp3) is 0.611. The molecule has 0 radical (unpaired) electrons. The van der Waals surface area contributed by atoms with E-state index in [4.69, 9.17) is 4.74 Å². The van der Waals surface area contributed by atoms with Crippen LogP contribution in [0.3, 0.4) is 0 Å². The summed E-state index contributed by atoms with van der Waals surface area (Å²) in [5.74, 6) is -0.163. The van der Waals surface area contributed by atoms with E-state index in [0.29, 0.717) is 31.9 Å². The Morgan fingerprint density at radius 3 is 2.42 bits per heavy atom. The first-order valence-corrected chi connectivity index (χ1v) is 10.5. The van der Waals surface area contributed by atoms with E-state index < -0.39 is 10.0 Å². The molecule has 2 atom stereocenters. The van der Waals surface area contributed by atoms with Crippen molar-refractivity contribution in [2.75, 3.05) is 38.0 Å². The largest absolute Gasteiger partial charge is 0.373 e. The van der Waals surface area contributed by atoms with Gasteiger partial charge in [0.2, 0.25) is 15.9 Å². The third-order valence-corrected chi connectivity index (χ3v) is 6.37. The van der Waals surface area contributed by atoms with E-state index in [1.165, 1.54) is 10.4 Å². The predicted octanol–water partition coefficient (Wildman–Crippen LogP) is 1.76. The molecule has 0 aromatic heterocycles. The Morgan fingerprint density at radius 1 is 1.23 bits per heavy atom. The zero-order chi connectivity index (χ0) is 19.3. The summed E-state index contributed by atoms with van der Waals surface area (Å²) in [4.78, 5) is 14.6. The average Bonchev–Trinajstić information content (AvgIpc) is 2.54. The van der Waals surface area contributed by atoms with Gasteiger partial charge in [-0.2, -0.15) is 4.31 Å². The van der Waals surface area contributed by atoms with Crippen LogP contribution in [0.2, 0.25) is 0 Å². The van der Waals surface area contributed by atoms with Crippen LogP contribution in [0.1, 0.15) is 27.7 Å². The molecule has 1 amide bonds. The van der Waals surface area contributed by atoms with Crippen LogP contribution in [0.5, 0.6) is 0 Å². The Bertz CT molecular complexity index is 709. The van der Waals surface area contributed by atoms with Crippen LogP contribution in [-0.2, 0) is 19.6 Å². The molecule has 1 saturated heterocycles. The third kappa shape index (κ3) is 5.26. The first-order valence-electron chi connectivity index (χ1n) is 9.04. The molecule has 1 aliphatic heterocycles. The maximum absolute atomic E-state index is 12.6. The minimum atomic E-state index is -3.55. The van der Waals surface area contributed by atoms with E-state index in [0.717, 1.165) is 0 Å². The summed E-state index contributed by atoms with van der Waals surface area (Å²) in [5, 5.41) is 2.80. The first-order chi connectivity index (χ1) is 12.3. The van der Waals surface area contributed by atoms with Gasteiger partial charge in [0.05, 0.1) is 23.6 Å². The van der Waals surface area contributed by atoms with Crippen molar-refractivity contribution in [3.8, 4) is 0 Å². The van der Waals surface area contributed by atoms with E-state index in [2.05, 4.69) is 5.32 Å². The average molecular weight is 384 g/mol. The van der Waals surface area contributed by atoms with Gasteiger partial charge in [0.25, 0.3) is 0 Å². The lowest BCUT2D eigenvalue weighted by molar-refractivity contribution is -0.121. The van der Waals surface area contributed by atoms with Gasteiger partial charge in [-0.15, -0.1) is 0 Å². The lowest BCUT2D eigenvalue weighted by Crippen LogP contribution is -2.48. The molecular weight excluding hydrogens is 354 g/mol. The van der Waals surface area contributed by atoms with Crippen LogP contribution < -0.4 is 5.32 Å². The molecule has 2 rings (SSSR count). The fourth-order valence-corrected chi connectivity index (χ4v) is 4.77. The molecule has 1 aromatic carbocycles. The van der Waals surface area contributed by atoms with Gasteiger partial charge in [-0.1, -0.05) is 19.9 Å². The van der Waals surface area contributed by atoms with Crippen LogP contribution in [0.4, 0.5) is 5.69 Å². The summed E-state index contributed by atoms with van der Waals surface area (Å²) in [6, 6.07) is 6.40. The number of sulfonamides is 1. The number of hydrogen-bond acceptors (Lipinski definition) is 5. The highest BCUT2D eigenvalue weighted by molar-refractivity contribution is 7.89. The Labute approximate surface area is 156 Å². The number of amides is 1. The molecule has 0 saturated carbocycles. The number of benzene rings is 1. The van der Waals surface area contributed by atoms with Crippen molar-refractivity contribution >= 4 is 21.6 Å². The van der Waals surface area contributed by atoms with Gasteiger partial charge < -0.3 is 10.1 Å². The smallest absolute Gasteiger partial charge is 0.243 e. The molecule has 1 heterocycles. The Balaban J connectivity index is 2.05. The van der Waals surface area contributed by atoms with Crippen molar-refractivity contribution in [1.29, 1.82) is 0 Å². The zero-order valence-electron chi connectivity index (χ0n) is 15.9. The van der Waals surface area contributed by atoms with E-state index in [1.54, 1.807) is 32.0 Å². The normalized spacial score (nSPS) is 21.7. The number of carbonyl (C=O) groups is 1. The number of anilines is 1. The zero-order valence-corrected chi connectivity index (χ0v) is 16.8. The van der Waals surface area contributed by atoms with Gasteiger partial charge in [0.15, 0.2) is 0 Å². The molecule has 1 aromatic rings. The molecule has 7 nitrogen and oxygen atoms in total. The van der Waals surface area contributed by atoms with Crippen LogP contribution in [-0.4, -0.2) is 68.5 Å². The summed E-state index contributed by atoms with van der Waals surface area (Å²) >= 11 is 0. The van der Waals surface area contributed by atoms with Gasteiger partial charge in [0.1, 0.15) is 0 Å². The molecule has 8 heteroatoms. The molecule has 0 unspecified atom stereocenters. The van der Waals surface area contributed by atoms with Gasteiger partial charge in [0, 0.05) is 31.9 Å². The standard InChI is InChI=1S/C18H29N3O4S/c1-5-21(6-2)26(23,24)17-9-7-8-16(10-17)19-18(22)13-20-11-14(3)25-15(4)12-20/h7-10,14-15H,5-6,11-13H2,1-4H3,(H,19,22)/t14-,15-/m0/s1. The van der Waals surface area contributed by atoms with Crippen molar-refractivity contribution < 1.29 is 17.9 Å². The molecule has 0 aliphatic carbocycles. The highest BCUT2D eigenvalue weighted by Gasteiger charge is 2.24. The van der Waals surface area contributed by atoms with E-state index in [9.17, 15) is 13.2 Å². The molecule has 1 N–H and O–H groups in total. The highest BCUT2D eigenvalue weighted by atomic mass is 32.2. The summed E-state index contributed by atoms with van der Waals surface area (Å²) < 4.78 is 32.3. The summed E-state index contributed by atoms with van der Waals surface area (Å²) in [6.45, 7) is 10.1. The van der Waals surface area contributed by atoms with E-state index >= 15 is 0 Å². The lowest BCUT2D eigenvalue weighted by Gasteiger charge is -2.34. The minimum Gasteiger partial charge on any atom is -0.373 e. The van der Waals surface area contributed by atoms with Gasteiger partial charge >= 0.3 is 0 Å². The van der Waals surface area contributed by atoms with E-state index in [-0.39, 0.29) is 29.6 Å². The molecule has 146 valence electrons. The SMILES string of the molecule is CCN(CC)S(=O)(=O)c1cccc(NC(=O)CN2C[C@H](C)O[C@@H](C)C2)c1. The van der Waals surface area contributed by atoms with Crippen molar-refractivity contribution in [2.45, 2.75) is 44.8 Å². The predicted molar refractivity (Wildman–Crippen MR) is 102 cm³/mol. The van der Waals surface area contributed by atoms with Crippen molar-refractivity contribution in [1.82, 2.24) is 9.21 Å². The summed E-state index contributed by atoms with van der Waals surface area (Å²) in [6.07, 6.45) is 0.184. The molecule has 1 fully saturated rings. The van der Waals surface area contributed by atoms with Crippen LogP contribution in [0, 0.1) is 0 Å². The highest BCUT2D eigenvalue weighted by Crippen LogP contribution is 2.19. The number of ether oxygens (including phenoxy) is 1. The quantitative estimate of drug-likeness (QED) is 0.776. The number of nitrogens with one attached hydrogen (secondary N) is 1. The second kappa shape index (κ2) is 8.94. The fourth-order valence-electron chi connectivity index (χ4n) is 3.26. The number of morpholine rings is 1. The molecule has 26 heavy (non-hydrogen) atoms. The van der Waals surface area contributed by atoms with Crippen LogP contribution >= 0.6 is 0 Å². The molecule has 0 spiro atoms. The second-order valence-corrected chi connectivity index (χ2v) is 8.55. The van der Waals surface area contributed by atoms with Crippen molar-refractivity contribution in [3.63, 3.8) is 0 Å². The lowest BCUT2D eigenvalue weighted by atomic mass is 10.2. The summed E-state index contributed by atoms with van der Waals surface area (Å²) in [7, 11) is -3.55. The topological polar surface area (TPSA) is 79.0 Å². The van der Waals surface area contributed by atoms with Crippen LogP contribution in [0.15, 0.2) is 29.2 Å². The number of hydrogen-bond donors (Lipinski definition) is 1. The van der Waals surface area contributed by atoms with E-state index in [1.807, 2.05) is 18.7 Å². The maximum atomic E-state index is 12.6. The maximum Gasteiger partial charge on any atom is 0.243 e. The number of carbonyl (C=O) groups excluding carboxylic acids is 1. The van der Waals surface area contributed by atoms with Crippen molar-refractivity contribution in [3.05, 3.63) is 24.3 Å². The molecule has 0 bridgehead atoms. The minimum absolute atomic E-state index is 0.0918. The summed E-state index contributed by atoms with van der Waals surface area (Å²) in [5.41, 5.74) is 0.484. The number of rotatable bonds is 7. The second-order valence-electron chi connectivity index (χ2n) is 6.62. The van der Waals surface area contributed by atoms with Gasteiger partial charge in [-0.05, 0) is 32.0 Å². The van der Waals surface area contributed by atoms with Gasteiger partial charge in [-0.25, -0.2) is 8.42 Å². The Kier molecular flexibility index (Phi) is 7.16. The molecular formula is C18H29N3O4S. The Hall–Kier alpha value is -1.48. The first kappa shape index (κ1) is 20.8. The monoisotopic (exact) mass is 383 g/mol. The third-order valence-electron chi connectivity index (χ3n) is 4.32. The van der Waals surface area contributed by atoms with Crippen LogP contribution in [0.25, 0.3) is 0 Å².